The number of fused-ring (bicyclic) bond motifs is 5. The van der Waals surface area contributed by atoms with Crippen molar-refractivity contribution in [2.24, 2.45) is 0 Å². The molecule has 0 fully saturated rings. The van der Waals surface area contributed by atoms with Crippen LogP contribution in [0.3, 0.4) is 0 Å². The number of para-hydroxylation sites is 6. The molecule has 0 spiro atoms. The molecular weight excluding hydrogens is 794 g/mol. The number of phenolic OH excluding ortho intramolecular Hbond substituents is 1. The van der Waals surface area contributed by atoms with Crippen LogP contribution in [0.25, 0.3) is 39.5 Å². The normalized spacial score (nSPS) is 12.3. The Balaban J connectivity index is 0.00000325. The molecule has 8 aromatic rings. The van der Waals surface area contributed by atoms with E-state index in [1.54, 1.807) is 12.1 Å². The first-order chi connectivity index (χ1) is 23.7. The molecule has 2 aliphatic rings. The molecule has 0 bridgehead atoms. The average Bonchev–Trinajstić information content (AvgIpc) is 3.72. The summed E-state index contributed by atoms with van der Waals surface area (Å²) in [5.41, 5.74) is 6.61. The average molecular weight is 818 g/mol. The topological polar surface area (TPSA) is 68.6 Å². The van der Waals surface area contributed by atoms with E-state index in [0.29, 0.717) is 46.0 Å². The monoisotopic (exact) mass is 817 g/mol. The minimum absolute atomic E-state index is 0. The quantitative estimate of drug-likeness (QED) is 0.142. The van der Waals surface area contributed by atoms with Gasteiger partial charge in [0, 0.05) is 5.75 Å². The zero-order chi connectivity index (χ0) is 31.8. The van der Waals surface area contributed by atoms with Crippen LogP contribution in [-0.2, 0) is 21.1 Å². The maximum atomic E-state index is 11.0. The molecule has 0 radical (unpaired) electrons. The first-order valence-corrected chi connectivity index (χ1v) is 15.6. The molecule has 8 nitrogen and oxygen atoms in total. The van der Waals surface area contributed by atoms with Crippen LogP contribution < -0.4 is 18.9 Å². The zero-order valence-corrected chi connectivity index (χ0v) is 27.9. The summed E-state index contributed by atoms with van der Waals surface area (Å²) in [5.74, 6) is 3.60. The molecule has 10 rings (SSSR count). The molecule has 0 aliphatic carbocycles. The molecule has 0 saturated carbocycles. The van der Waals surface area contributed by atoms with E-state index >= 15 is 0 Å². The summed E-state index contributed by atoms with van der Waals surface area (Å²) in [6.45, 7) is 0. The number of benzene rings is 6. The Labute approximate surface area is 295 Å². The minimum Gasteiger partial charge on any atom is -0.512 e. The summed E-state index contributed by atoms with van der Waals surface area (Å²) >= 11 is 0. The fourth-order valence-electron chi connectivity index (χ4n) is 6.57. The Morgan fingerprint density at radius 2 is 1.39 bits per heavy atom. The zero-order valence-electron chi connectivity index (χ0n) is 25.6. The van der Waals surface area contributed by atoms with Crippen molar-refractivity contribution in [3.8, 4) is 57.3 Å². The third-order valence-electron chi connectivity index (χ3n) is 8.72. The van der Waals surface area contributed by atoms with Crippen molar-refractivity contribution in [3.05, 3.63) is 152 Å². The fourth-order valence-corrected chi connectivity index (χ4v) is 6.57. The van der Waals surface area contributed by atoms with Crippen LogP contribution in [0.4, 0.5) is 17.2 Å². The number of imidazole rings is 2. The third kappa shape index (κ3) is 4.41. The van der Waals surface area contributed by atoms with E-state index in [9.17, 15) is 5.11 Å². The molecule has 9 heteroatoms. The largest absolute Gasteiger partial charge is 2.00 e. The molecule has 236 valence electrons. The van der Waals surface area contributed by atoms with Gasteiger partial charge in [0.2, 0.25) is 5.82 Å². The molecule has 4 heterocycles. The summed E-state index contributed by atoms with van der Waals surface area (Å²) < 4.78 is 19.1. The van der Waals surface area contributed by atoms with Gasteiger partial charge in [0.25, 0.3) is 12.2 Å². The Bertz CT molecular complexity index is 2550. The maximum absolute atomic E-state index is 11.0. The van der Waals surface area contributed by atoms with Gasteiger partial charge in [-0.05, 0) is 59.9 Å². The molecule has 6 aromatic carbocycles. The van der Waals surface area contributed by atoms with Crippen molar-refractivity contribution in [1.29, 1.82) is 0 Å². The fraction of sp³-hybridized carbons (Fsp3) is 0. The van der Waals surface area contributed by atoms with Gasteiger partial charge in [-0.25, -0.2) is 4.98 Å². The molecule has 0 saturated heterocycles. The van der Waals surface area contributed by atoms with Gasteiger partial charge in [-0.1, -0.05) is 78.9 Å². The third-order valence-corrected chi connectivity index (χ3v) is 8.72. The second-order valence-corrected chi connectivity index (χ2v) is 11.5. The van der Waals surface area contributed by atoms with Crippen molar-refractivity contribution in [1.82, 2.24) is 14.1 Å². The number of rotatable bonds is 4. The molecule has 0 atom stereocenters. The van der Waals surface area contributed by atoms with Gasteiger partial charge in [0.1, 0.15) is 17.2 Å². The van der Waals surface area contributed by atoms with Crippen LogP contribution >= 0.6 is 0 Å². The van der Waals surface area contributed by atoms with E-state index in [2.05, 4.69) is 41.2 Å². The number of hydrogen-bond acceptors (Lipinski definition) is 5. The SMILES string of the molecule is Oc1ccccc1-c1nc2c(n1-c1ccccc1)Oc1cccc3c1N2c1[c-]c(-n2[c-][n+](-c4ccccc4)c4ccccc42)ccc1O3.[Pt+2]. The molecule has 0 unspecified atom stereocenters. The van der Waals surface area contributed by atoms with Crippen LogP contribution in [-0.4, -0.2) is 19.2 Å². The van der Waals surface area contributed by atoms with Gasteiger partial charge in [-0.15, -0.1) is 12.1 Å². The van der Waals surface area contributed by atoms with Crippen molar-refractivity contribution >= 4 is 28.2 Å². The van der Waals surface area contributed by atoms with Gasteiger partial charge in [0.15, 0.2) is 11.6 Å². The Morgan fingerprint density at radius 1 is 0.673 bits per heavy atom. The summed E-state index contributed by atoms with van der Waals surface area (Å²) in [4.78, 5) is 7.24. The number of hydrogen-bond donors (Lipinski definition) is 1. The van der Waals surface area contributed by atoms with Crippen molar-refractivity contribution in [2.75, 3.05) is 4.90 Å². The smallest absolute Gasteiger partial charge is 0.512 e. The van der Waals surface area contributed by atoms with Crippen LogP contribution in [0, 0.1) is 12.4 Å². The maximum Gasteiger partial charge on any atom is 2.00 e. The molecule has 49 heavy (non-hydrogen) atoms. The first kappa shape index (κ1) is 29.1. The minimum atomic E-state index is 0. The van der Waals surface area contributed by atoms with E-state index in [-0.39, 0.29) is 26.8 Å². The van der Waals surface area contributed by atoms with E-state index in [1.807, 2.05) is 117 Å². The summed E-state index contributed by atoms with van der Waals surface area (Å²) in [5, 5.41) is 11.0. The van der Waals surface area contributed by atoms with Gasteiger partial charge in [0.05, 0.1) is 28.0 Å². The summed E-state index contributed by atoms with van der Waals surface area (Å²) in [6.07, 6.45) is 3.56. The van der Waals surface area contributed by atoms with Crippen molar-refractivity contribution in [3.63, 3.8) is 0 Å². The number of phenols is 1. The van der Waals surface area contributed by atoms with Crippen LogP contribution in [0.1, 0.15) is 0 Å². The second kappa shape index (κ2) is 11.3. The molecule has 1 N–H and O–H groups in total. The first-order valence-electron chi connectivity index (χ1n) is 15.6. The molecular formula is C40H24N5O3Pt+. The summed E-state index contributed by atoms with van der Waals surface area (Å²) in [7, 11) is 0. The number of ether oxygens (including phenoxy) is 2. The predicted octanol–water partition coefficient (Wildman–Crippen LogP) is 8.74. The Hall–Kier alpha value is -6.11. The van der Waals surface area contributed by atoms with E-state index < -0.39 is 0 Å². The molecule has 0 amide bonds. The van der Waals surface area contributed by atoms with Gasteiger partial charge >= 0.3 is 21.1 Å². The van der Waals surface area contributed by atoms with Gasteiger partial charge < -0.3 is 24.0 Å². The number of aromatic nitrogens is 4. The van der Waals surface area contributed by atoms with Crippen LogP contribution in [0.15, 0.2) is 140 Å². The van der Waals surface area contributed by atoms with Crippen molar-refractivity contribution in [2.45, 2.75) is 0 Å². The van der Waals surface area contributed by atoms with Gasteiger partial charge in [-0.3, -0.25) is 9.13 Å². The van der Waals surface area contributed by atoms with E-state index in [4.69, 9.17) is 14.5 Å². The number of nitrogens with zero attached hydrogens (tertiary/aromatic N) is 5. The van der Waals surface area contributed by atoms with Crippen LogP contribution in [0.5, 0.6) is 28.9 Å². The number of anilines is 3. The van der Waals surface area contributed by atoms with Crippen molar-refractivity contribution < 1.29 is 40.2 Å². The van der Waals surface area contributed by atoms with Gasteiger partial charge in [-0.2, -0.15) is 6.07 Å². The summed E-state index contributed by atoms with van der Waals surface area (Å²) in [6, 6.07) is 48.9. The Kier molecular flexibility index (Phi) is 6.67. The molecule has 2 aromatic heterocycles. The molecule has 2 aliphatic heterocycles. The van der Waals surface area contributed by atoms with E-state index in [0.717, 1.165) is 33.8 Å². The Morgan fingerprint density at radius 3 is 2.20 bits per heavy atom. The standard InChI is InChI=1S/C40H24N5O3.Pt/c46-33-19-10-7-16-29(33)38-41-39-40(44(38)27-14-5-2-6-15-27)48-36-21-11-20-35-37(36)45(39)32-24-28(22-23-34(32)47-35)43-25-42(26-12-3-1-4-13-26)30-17-8-9-18-31(30)43;/h1-23,46H;/q-1;+2. The predicted molar refractivity (Wildman–Crippen MR) is 182 cm³/mol. The number of aromatic hydroxyl groups is 1. The van der Waals surface area contributed by atoms with E-state index in [1.165, 1.54) is 0 Å². The van der Waals surface area contributed by atoms with Crippen LogP contribution in [0.2, 0.25) is 0 Å². The second-order valence-electron chi connectivity index (χ2n) is 11.5.